The minimum absolute atomic E-state index is 0.360. The van der Waals surface area contributed by atoms with Crippen LogP contribution in [-0.2, 0) is 4.79 Å². The van der Waals surface area contributed by atoms with E-state index in [1.807, 2.05) is 18.2 Å². The van der Waals surface area contributed by atoms with Crippen molar-refractivity contribution in [3.05, 3.63) is 29.1 Å². The molecule has 0 aliphatic carbocycles. The van der Waals surface area contributed by atoms with Crippen LogP contribution in [0.2, 0.25) is 0 Å². The molecule has 0 spiro atoms. The van der Waals surface area contributed by atoms with E-state index in [4.69, 9.17) is 5.11 Å². The summed E-state index contributed by atoms with van der Waals surface area (Å²) in [5.41, 5.74) is 1.05. The molecule has 5 nitrogen and oxygen atoms in total. The molecule has 2 aromatic rings. The van der Waals surface area contributed by atoms with Crippen molar-refractivity contribution in [1.29, 1.82) is 0 Å². The van der Waals surface area contributed by atoms with Gasteiger partial charge in [-0.2, -0.15) is 0 Å². The number of hydrogen-bond donors (Lipinski definition) is 1. The Kier molecular flexibility index (Phi) is 3.31. The van der Waals surface area contributed by atoms with Gasteiger partial charge in [0.05, 0.1) is 0 Å². The molecule has 104 valence electrons. The number of benzene rings is 1. The zero-order valence-electron chi connectivity index (χ0n) is 10.8. The number of anilines is 1. The van der Waals surface area contributed by atoms with Gasteiger partial charge in [-0.3, -0.25) is 4.79 Å². The zero-order chi connectivity index (χ0) is 14.1. The van der Waals surface area contributed by atoms with Crippen LogP contribution in [0.4, 0.5) is 5.69 Å². The lowest BCUT2D eigenvalue weighted by Crippen LogP contribution is -2.45. The summed E-state index contributed by atoms with van der Waals surface area (Å²) in [5, 5.41) is 10.1. The Morgan fingerprint density at radius 3 is 2.65 bits per heavy atom. The van der Waals surface area contributed by atoms with Crippen LogP contribution in [0.15, 0.2) is 24.3 Å². The van der Waals surface area contributed by atoms with Crippen molar-refractivity contribution in [1.82, 2.24) is 4.90 Å². The van der Waals surface area contributed by atoms with Crippen LogP contribution in [0.1, 0.15) is 9.67 Å². The van der Waals surface area contributed by atoms with Gasteiger partial charge in [-0.05, 0) is 18.2 Å². The summed E-state index contributed by atoms with van der Waals surface area (Å²) >= 11 is 1.30. The lowest BCUT2D eigenvalue weighted by atomic mass is 10.1. The first-order valence-corrected chi connectivity index (χ1v) is 7.21. The Labute approximate surface area is 120 Å². The van der Waals surface area contributed by atoms with Gasteiger partial charge >= 0.3 is 5.97 Å². The molecule has 1 saturated heterocycles. The van der Waals surface area contributed by atoms with Crippen LogP contribution in [0, 0.1) is 0 Å². The summed E-state index contributed by atoms with van der Waals surface area (Å²) in [5.74, 6) is -0.886. The largest absolute Gasteiger partial charge is 0.477 e. The lowest BCUT2D eigenvalue weighted by Gasteiger charge is -2.34. The Bertz CT molecular complexity index is 659. The van der Waals surface area contributed by atoms with Gasteiger partial charge in [0.1, 0.15) is 4.88 Å². The van der Waals surface area contributed by atoms with E-state index >= 15 is 0 Å². The fourth-order valence-corrected chi connectivity index (χ4v) is 3.42. The van der Waals surface area contributed by atoms with Crippen molar-refractivity contribution in [3.63, 3.8) is 0 Å². The highest BCUT2D eigenvalue weighted by Crippen LogP contribution is 2.33. The maximum Gasteiger partial charge on any atom is 0.345 e. The molecule has 1 amide bonds. The second-order valence-corrected chi connectivity index (χ2v) is 5.82. The third-order valence-electron chi connectivity index (χ3n) is 3.55. The average Bonchev–Trinajstić information content (AvgIpc) is 2.91. The third-order valence-corrected chi connectivity index (χ3v) is 4.64. The van der Waals surface area contributed by atoms with Crippen LogP contribution in [0.25, 0.3) is 10.1 Å². The number of aromatic carboxylic acids is 1. The van der Waals surface area contributed by atoms with E-state index in [0.29, 0.717) is 18.0 Å². The number of thiophene rings is 1. The van der Waals surface area contributed by atoms with Crippen molar-refractivity contribution in [2.24, 2.45) is 0 Å². The molecule has 0 atom stereocenters. The van der Waals surface area contributed by atoms with Crippen molar-refractivity contribution in [2.75, 3.05) is 31.1 Å². The van der Waals surface area contributed by atoms with E-state index in [1.165, 1.54) is 11.3 Å². The number of fused-ring (bicyclic) bond motifs is 1. The maximum absolute atomic E-state index is 11.1. The molecule has 0 radical (unpaired) electrons. The molecule has 0 saturated carbocycles. The Morgan fingerprint density at radius 2 is 2.00 bits per heavy atom. The second kappa shape index (κ2) is 5.13. The molecule has 1 N–H and O–H groups in total. The molecule has 1 aromatic carbocycles. The van der Waals surface area contributed by atoms with Gasteiger partial charge in [0, 0.05) is 42.0 Å². The highest BCUT2D eigenvalue weighted by molar-refractivity contribution is 7.20. The normalized spacial score (nSPS) is 15.6. The Hall–Kier alpha value is -2.08. The number of hydrogen-bond acceptors (Lipinski definition) is 4. The van der Waals surface area contributed by atoms with E-state index in [9.17, 15) is 9.59 Å². The molecule has 6 heteroatoms. The predicted molar refractivity (Wildman–Crippen MR) is 78.6 cm³/mol. The average molecular weight is 290 g/mol. The topological polar surface area (TPSA) is 60.9 Å². The molecular formula is C14H14N2O3S. The van der Waals surface area contributed by atoms with E-state index < -0.39 is 5.97 Å². The van der Waals surface area contributed by atoms with Gasteiger partial charge in [0.2, 0.25) is 6.41 Å². The van der Waals surface area contributed by atoms with Gasteiger partial charge in [0.15, 0.2) is 0 Å². The number of rotatable bonds is 3. The van der Waals surface area contributed by atoms with Crippen molar-refractivity contribution in [3.8, 4) is 0 Å². The quantitative estimate of drug-likeness (QED) is 0.877. The van der Waals surface area contributed by atoms with Gasteiger partial charge < -0.3 is 14.9 Å². The Balaban J connectivity index is 1.95. The van der Waals surface area contributed by atoms with Gasteiger partial charge in [-0.25, -0.2) is 4.79 Å². The number of carbonyl (C=O) groups is 2. The van der Waals surface area contributed by atoms with Crippen molar-refractivity contribution >= 4 is 39.5 Å². The number of carbonyl (C=O) groups excluding carboxylic acids is 1. The van der Waals surface area contributed by atoms with Crippen LogP contribution in [-0.4, -0.2) is 48.6 Å². The van der Waals surface area contributed by atoms with Crippen LogP contribution < -0.4 is 4.90 Å². The summed E-state index contributed by atoms with van der Waals surface area (Å²) in [6.45, 7) is 2.96. The highest BCUT2D eigenvalue weighted by Gasteiger charge is 2.19. The molecule has 0 bridgehead atoms. The van der Waals surface area contributed by atoms with Gasteiger partial charge in [-0.15, -0.1) is 11.3 Å². The predicted octanol–water partition coefficient (Wildman–Crippen LogP) is 1.88. The first kappa shape index (κ1) is 12.9. The van der Waals surface area contributed by atoms with Gasteiger partial charge in [0.25, 0.3) is 0 Å². The standard InChI is InChI=1S/C14H14N2O3S/c17-9-15-4-6-16(7-5-15)11-2-1-3-12-10(11)8-13(20-12)14(18)19/h1-3,8-9H,4-7H2,(H,18,19). The number of piperazine rings is 1. The van der Waals surface area contributed by atoms with E-state index in [1.54, 1.807) is 11.0 Å². The number of amides is 1. The summed E-state index contributed by atoms with van der Waals surface area (Å²) in [6.07, 6.45) is 0.880. The SMILES string of the molecule is O=CN1CCN(c2cccc3sc(C(=O)O)cc23)CC1. The zero-order valence-corrected chi connectivity index (χ0v) is 11.6. The molecule has 3 rings (SSSR count). The summed E-state index contributed by atoms with van der Waals surface area (Å²) < 4.78 is 0.984. The first-order valence-electron chi connectivity index (χ1n) is 6.39. The number of nitrogens with zero attached hydrogens (tertiary/aromatic N) is 2. The minimum atomic E-state index is -0.886. The van der Waals surface area contributed by atoms with E-state index in [2.05, 4.69) is 4.90 Å². The van der Waals surface area contributed by atoms with Crippen LogP contribution in [0.5, 0.6) is 0 Å². The van der Waals surface area contributed by atoms with Crippen molar-refractivity contribution < 1.29 is 14.7 Å². The molecule has 20 heavy (non-hydrogen) atoms. The number of carboxylic acid groups (broad SMARTS) is 1. The molecule has 1 aliphatic rings. The minimum Gasteiger partial charge on any atom is -0.477 e. The smallest absolute Gasteiger partial charge is 0.345 e. The maximum atomic E-state index is 11.1. The summed E-state index contributed by atoms with van der Waals surface area (Å²) in [4.78, 5) is 26.2. The van der Waals surface area contributed by atoms with Gasteiger partial charge in [-0.1, -0.05) is 6.07 Å². The molecule has 1 aliphatic heterocycles. The second-order valence-electron chi connectivity index (χ2n) is 4.73. The van der Waals surface area contributed by atoms with Crippen molar-refractivity contribution in [2.45, 2.75) is 0 Å². The molecule has 2 heterocycles. The third kappa shape index (κ3) is 2.22. The Morgan fingerprint density at radius 1 is 1.25 bits per heavy atom. The molecule has 1 fully saturated rings. The fourth-order valence-electron chi connectivity index (χ4n) is 2.49. The first-order chi connectivity index (χ1) is 9.69. The van der Waals surface area contributed by atoms with E-state index in [0.717, 1.165) is 35.3 Å². The van der Waals surface area contributed by atoms with Crippen LogP contribution >= 0.6 is 11.3 Å². The number of carboxylic acids is 1. The van der Waals surface area contributed by atoms with Crippen LogP contribution in [0.3, 0.4) is 0 Å². The molecular weight excluding hydrogens is 276 g/mol. The molecule has 1 aromatic heterocycles. The summed E-state index contributed by atoms with van der Waals surface area (Å²) in [7, 11) is 0. The van der Waals surface area contributed by atoms with E-state index in [-0.39, 0.29) is 0 Å². The lowest BCUT2D eigenvalue weighted by molar-refractivity contribution is -0.118. The monoisotopic (exact) mass is 290 g/mol. The highest BCUT2D eigenvalue weighted by atomic mass is 32.1. The fraction of sp³-hybridized carbons (Fsp3) is 0.286. The summed E-state index contributed by atoms with van der Waals surface area (Å²) in [6, 6.07) is 7.64. The molecule has 0 unspecified atom stereocenters.